The Morgan fingerprint density at radius 3 is 2.59 bits per heavy atom. The number of carbonyl (C=O) groups excluding carboxylic acids is 2. The lowest BCUT2D eigenvalue weighted by atomic mass is 9.73. The molecule has 7 heteroatoms. The average Bonchev–Trinajstić information content (AvgIpc) is 3.16. The maximum absolute atomic E-state index is 13.0. The number of cyclic esters (lactones) is 1. The Morgan fingerprint density at radius 2 is 1.94 bits per heavy atom. The predicted octanol–water partition coefficient (Wildman–Crippen LogP) is 3.82. The molecule has 176 valence electrons. The first kappa shape index (κ1) is 26.2. The molecule has 0 aromatic carbocycles. The lowest BCUT2D eigenvalue weighted by Crippen LogP contribution is -2.45. The number of hydrogen-bond donors (Lipinski definition) is 2. The molecule has 0 spiro atoms. The number of allylic oxidation sites excluding steroid dienone is 1. The molecule has 0 bridgehead atoms. The van der Waals surface area contributed by atoms with Crippen LogP contribution in [-0.2, 0) is 14.3 Å². The molecule has 0 fully saturated rings. The number of ether oxygens (including phenoxy) is 1. The van der Waals surface area contributed by atoms with Gasteiger partial charge in [0.1, 0.15) is 11.5 Å². The predicted molar refractivity (Wildman–Crippen MR) is 125 cm³/mol. The molecule has 32 heavy (non-hydrogen) atoms. The summed E-state index contributed by atoms with van der Waals surface area (Å²) >= 11 is 1.50. The van der Waals surface area contributed by atoms with Gasteiger partial charge in [-0.3, -0.25) is 9.59 Å². The van der Waals surface area contributed by atoms with Gasteiger partial charge in [0.2, 0.25) is 0 Å². The van der Waals surface area contributed by atoms with Crippen molar-refractivity contribution in [1.82, 2.24) is 4.98 Å². The molecule has 1 aromatic heterocycles. The Kier molecular flexibility index (Phi) is 9.63. The molecule has 0 saturated carbocycles. The van der Waals surface area contributed by atoms with Crippen molar-refractivity contribution in [1.29, 1.82) is 0 Å². The van der Waals surface area contributed by atoms with Crippen LogP contribution in [0.15, 0.2) is 17.5 Å². The summed E-state index contributed by atoms with van der Waals surface area (Å²) in [4.78, 5) is 29.9. The highest BCUT2D eigenvalue weighted by molar-refractivity contribution is 7.09. The third-order valence-electron chi connectivity index (χ3n) is 6.14. The molecule has 0 aliphatic carbocycles. The maximum atomic E-state index is 13.0. The first-order chi connectivity index (χ1) is 15.0. The van der Waals surface area contributed by atoms with E-state index in [2.05, 4.69) is 16.8 Å². The zero-order chi connectivity index (χ0) is 23.9. The minimum absolute atomic E-state index is 0.0478. The molecule has 0 unspecified atom stereocenters. The Morgan fingerprint density at radius 1 is 1.22 bits per heavy atom. The fraction of sp³-hybridized carbons (Fsp3) is 0.640. The molecular formula is C25H35NO5S. The summed E-state index contributed by atoms with van der Waals surface area (Å²) in [6.07, 6.45) is 3.85. The summed E-state index contributed by atoms with van der Waals surface area (Å²) in [5.74, 6) is 4.35. The number of aromatic nitrogens is 1. The van der Waals surface area contributed by atoms with Gasteiger partial charge >= 0.3 is 5.97 Å². The fourth-order valence-corrected chi connectivity index (χ4v) is 4.34. The van der Waals surface area contributed by atoms with Crippen molar-refractivity contribution in [2.75, 3.05) is 0 Å². The number of esters is 1. The molecule has 2 N–H and O–H groups in total. The van der Waals surface area contributed by atoms with Crippen LogP contribution in [0.1, 0.15) is 70.5 Å². The van der Waals surface area contributed by atoms with E-state index in [-0.39, 0.29) is 18.1 Å². The van der Waals surface area contributed by atoms with Crippen LogP contribution in [0.25, 0.3) is 0 Å². The summed E-state index contributed by atoms with van der Waals surface area (Å²) in [5.41, 5.74) is -0.567. The van der Waals surface area contributed by atoms with Crippen LogP contribution >= 0.6 is 11.3 Å². The van der Waals surface area contributed by atoms with E-state index >= 15 is 0 Å². The van der Waals surface area contributed by atoms with E-state index in [9.17, 15) is 19.8 Å². The lowest BCUT2D eigenvalue weighted by molar-refractivity contribution is -0.153. The van der Waals surface area contributed by atoms with Crippen molar-refractivity contribution in [2.45, 2.75) is 85.0 Å². The van der Waals surface area contributed by atoms with Crippen molar-refractivity contribution >= 4 is 23.1 Å². The van der Waals surface area contributed by atoms with Crippen LogP contribution in [0, 0.1) is 36.0 Å². The number of thiazole rings is 1. The van der Waals surface area contributed by atoms with Gasteiger partial charge in [-0.15, -0.1) is 11.3 Å². The van der Waals surface area contributed by atoms with Crippen LogP contribution in [0.4, 0.5) is 0 Å². The van der Waals surface area contributed by atoms with Gasteiger partial charge in [-0.2, -0.15) is 0 Å². The number of Topliss-reactive ketones (excluding diaryl/α,β-unsaturated/α-hetero) is 1. The van der Waals surface area contributed by atoms with Crippen molar-refractivity contribution in [3.05, 3.63) is 28.2 Å². The molecule has 1 aliphatic rings. The Labute approximate surface area is 195 Å². The van der Waals surface area contributed by atoms with Gasteiger partial charge < -0.3 is 14.9 Å². The monoisotopic (exact) mass is 461 g/mol. The SMILES string of the molecule is Cc1nc(C#C[C@@H]2C/C=C\CCC[C@H](C)[C@H](O)[C@@H](C)C(=O)C(C)(C)[C@@H](O)CC(=O)O2)cs1. The van der Waals surface area contributed by atoms with E-state index in [0.717, 1.165) is 24.3 Å². The topological polar surface area (TPSA) is 96.7 Å². The van der Waals surface area contributed by atoms with Crippen molar-refractivity contribution < 1.29 is 24.5 Å². The van der Waals surface area contributed by atoms with Crippen LogP contribution in [0.2, 0.25) is 0 Å². The van der Waals surface area contributed by atoms with E-state index in [4.69, 9.17) is 4.74 Å². The van der Waals surface area contributed by atoms with Gasteiger partial charge in [0.25, 0.3) is 0 Å². The third kappa shape index (κ3) is 7.26. The highest BCUT2D eigenvalue weighted by atomic mass is 32.1. The number of aliphatic hydroxyl groups excluding tert-OH is 2. The number of ketones is 1. The highest BCUT2D eigenvalue weighted by Crippen LogP contribution is 2.32. The molecule has 5 atom stereocenters. The van der Waals surface area contributed by atoms with Gasteiger partial charge in [0, 0.05) is 17.7 Å². The quantitative estimate of drug-likeness (QED) is 0.346. The highest BCUT2D eigenvalue weighted by Gasteiger charge is 2.42. The molecular weight excluding hydrogens is 426 g/mol. The molecule has 1 aliphatic heterocycles. The van der Waals surface area contributed by atoms with Gasteiger partial charge in [0.05, 0.1) is 29.1 Å². The lowest BCUT2D eigenvalue weighted by Gasteiger charge is -2.34. The van der Waals surface area contributed by atoms with Crippen LogP contribution in [0.3, 0.4) is 0 Å². The number of aliphatic hydroxyl groups is 2. The van der Waals surface area contributed by atoms with E-state index in [1.165, 1.54) is 11.3 Å². The molecule has 1 aromatic rings. The molecule has 0 radical (unpaired) electrons. The number of nitrogens with zero attached hydrogens (tertiary/aromatic N) is 1. The standard InChI is InChI=1S/C25H35NO5S/c1-16-10-8-6-7-9-11-20(13-12-19-15-32-18(3)26-19)31-22(28)14-21(27)25(4,5)24(30)17(2)23(16)29/h7,9,15-17,20-21,23,27,29H,6,8,10-11,14H2,1-5H3/b9-7-/t16-,17+,20-,21-,23-/m0/s1. The summed E-state index contributed by atoms with van der Waals surface area (Å²) in [6.45, 7) is 8.73. The first-order valence-corrected chi connectivity index (χ1v) is 12.1. The Hall–Kier alpha value is -2.01. The second-order valence-electron chi connectivity index (χ2n) is 9.20. The van der Waals surface area contributed by atoms with Crippen molar-refractivity contribution in [3.63, 3.8) is 0 Å². The average molecular weight is 462 g/mol. The van der Waals surface area contributed by atoms with E-state index in [0.29, 0.717) is 12.1 Å². The second-order valence-corrected chi connectivity index (χ2v) is 10.3. The normalized spacial score (nSPS) is 31.3. The number of rotatable bonds is 0. The maximum Gasteiger partial charge on any atom is 0.309 e. The molecule has 6 nitrogen and oxygen atoms in total. The summed E-state index contributed by atoms with van der Waals surface area (Å²) in [7, 11) is 0. The molecule has 0 amide bonds. The van der Waals surface area contributed by atoms with Gasteiger partial charge in [-0.25, -0.2) is 4.98 Å². The van der Waals surface area contributed by atoms with E-state index in [1.807, 2.05) is 31.4 Å². The number of hydrogen-bond acceptors (Lipinski definition) is 7. The van der Waals surface area contributed by atoms with E-state index < -0.39 is 35.6 Å². The Balaban J connectivity index is 2.23. The van der Waals surface area contributed by atoms with Crippen LogP contribution in [-0.4, -0.2) is 45.3 Å². The summed E-state index contributed by atoms with van der Waals surface area (Å²) < 4.78 is 5.53. The summed E-state index contributed by atoms with van der Waals surface area (Å²) in [6, 6.07) is 0. The van der Waals surface area contributed by atoms with Crippen LogP contribution < -0.4 is 0 Å². The van der Waals surface area contributed by atoms with Gasteiger partial charge in [0.15, 0.2) is 6.10 Å². The number of aryl methyl sites for hydroxylation is 1. The molecule has 0 saturated heterocycles. The fourth-order valence-electron chi connectivity index (χ4n) is 3.80. The minimum Gasteiger partial charge on any atom is -0.449 e. The van der Waals surface area contributed by atoms with E-state index in [1.54, 1.807) is 20.8 Å². The Bertz CT molecular complexity index is 878. The second kappa shape index (κ2) is 11.7. The largest absolute Gasteiger partial charge is 0.449 e. The smallest absolute Gasteiger partial charge is 0.309 e. The minimum atomic E-state index is -1.23. The zero-order valence-corrected chi connectivity index (χ0v) is 20.4. The molecule has 2 rings (SSSR count). The first-order valence-electron chi connectivity index (χ1n) is 11.2. The summed E-state index contributed by atoms with van der Waals surface area (Å²) in [5, 5.41) is 24.1. The zero-order valence-electron chi connectivity index (χ0n) is 19.6. The molecule has 2 heterocycles. The van der Waals surface area contributed by atoms with Gasteiger partial charge in [-0.05, 0) is 38.0 Å². The van der Waals surface area contributed by atoms with Crippen molar-refractivity contribution in [3.8, 4) is 11.8 Å². The van der Waals surface area contributed by atoms with Gasteiger partial charge in [-0.1, -0.05) is 45.8 Å². The third-order valence-corrected chi connectivity index (χ3v) is 6.91. The van der Waals surface area contributed by atoms with Crippen molar-refractivity contribution in [2.24, 2.45) is 17.3 Å². The number of carbonyl (C=O) groups is 2. The van der Waals surface area contributed by atoms with Crippen LogP contribution in [0.5, 0.6) is 0 Å².